The van der Waals surface area contributed by atoms with Gasteiger partial charge in [0.15, 0.2) is 0 Å². The van der Waals surface area contributed by atoms with Crippen molar-refractivity contribution in [3.63, 3.8) is 0 Å². The Morgan fingerprint density at radius 3 is 2.82 bits per heavy atom. The molecule has 0 amide bonds. The number of hydrogen-bond acceptors (Lipinski definition) is 3. The normalized spacial score (nSPS) is 24.1. The maximum absolute atomic E-state index is 5.82. The molecule has 1 aromatic heterocycles. The van der Waals surface area contributed by atoms with Crippen LogP contribution >= 0.6 is 11.3 Å². The van der Waals surface area contributed by atoms with Crippen molar-refractivity contribution >= 4 is 11.3 Å². The summed E-state index contributed by atoms with van der Waals surface area (Å²) in [4.78, 5) is 4.73. The molecule has 1 fully saturated rings. The predicted octanol–water partition coefficient (Wildman–Crippen LogP) is 3.84. The van der Waals surface area contributed by atoms with Gasteiger partial charge < -0.3 is 4.74 Å². The molecule has 0 spiro atoms. The van der Waals surface area contributed by atoms with Crippen molar-refractivity contribution in [3.8, 4) is 11.3 Å². The van der Waals surface area contributed by atoms with Gasteiger partial charge in [-0.3, -0.25) is 0 Å². The van der Waals surface area contributed by atoms with Crippen molar-refractivity contribution in [1.82, 2.24) is 4.98 Å². The maximum atomic E-state index is 5.82. The van der Waals surface area contributed by atoms with Gasteiger partial charge in [0.25, 0.3) is 0 Å². The van der Waals surface area contributed by atoms with Crippen LogP contribution in [0.5, 0.6) is 0 Å². The van der Waals surface area contributed by atoms with Gasteiger partial charge in [-0.1, -0.05) is 30.3 Å². The highest BCUT2D eigenvalue weighted by Crippen LogP contribution is 2.38. The number of nitrogens with zero attached hydrogens (tertiary/aromatic N) is 1. The summed E-state index contributed by atoms with van der Waals surface area (Å²) in [7, 11) is 0. The summed E-state index contributed by atoms with van der Waals surface area (Å²) in [6.07, 6.45) is 2.21. The summed E-state index contributed by atoms with van der Waals surface area (Å²) in [6.45, 7) is 3.00. The Bertz CT molecular complexity index is 500. The molecule has 0 N–H and O–H groups in total. The SMILES string of the molecule is CC1(c2nc(-c3ccccc3)cs2)CCCO1. The summed E-state index contributed by atoms with van der Waals surface area (Å²) in [6, 6.07) is 10.3. The molecular weight excluding hydrogens is 230 g/mol. The Balaban J connectivity index is 1.93. The average molecular weight is 245 g/mol. The van der Waals surface area contributed by atoms with Gasteiger partial charge in [0.1, 0.15) is 10.6 Å². The van der Waals surface area contributed by atoms with E-state index in [0.717, 1.165) is 30.2 Å². The van der Waals surface area contributed by atoms with Gasteiger partial charge >= 0.3 is 0 Å². The Morgan fingerprint density at radius 2 is 2.12 bits per heavy atom. The first kappa shape index (κ1) is 10.9. The van der Waals surface area contributed by atoms with Gasteiger partial charge in [0, 0.05) is 17.6 Å². The predicted molar refractivity (Wildman–Crippen MR) is 70.1 cm³/mol. The molecule has 1 atom stereocenters. The van der Waals surface area contributed by atoms with E-state index < -0.39 is 0 Å². The number of rotatable bonds is 2. The van der Waals surface area contributed by atoms with Gasteiger partial charge in [-0.2, -0.15) is 0 Å². The molecule has 0 bridgehead atoms. The van der Waals surface area contributed by atoms with Crippen LogP contribution in [0.2, 0.25) is 0 Å². The van der Waals surface area contributed by atoms with Crippen LogP contribution in [0.15, 0.2) is 35.7 Å². The molecule has 2 heterocycles. The van der Waals surface area contributed by atoms with E-state index >= 15 is 0 Å². The van der Waals surface area contributed by atoms with Crippen molar-refractivity contribution < 1.29 is 4.74 Å². The zero-order chi connectivity index (χ0) is 11.7. The zero-order valence-electron chi connectivity index (χ0n) is 9.85. The fraction of sp³-hybridized carbons (Fsp3) is 0.357. The van der Waals surface area contributed by atoms with E-state index in [-0.39, 0.29) is 5.60 Å². The maximum Gasteiger partial charge on any atom is 0.125 e. The van der Waals surface area contributed by atoms with Crippen molar-refractivity contribution in [3.05, 3.63) is 40.7 Å². The average Bonchev–Trinajstić information content (AvgIpc) is 2.99. The number of aromatic nitrogens is 1. The first-order valence-corrected chi connectivity index (χ1v) is 6.81. The largest absolute Gasteiger partial charge is 0.368 e. The zero-order valence-corrected chi connectivity index (χ0v) is 10.7. The summed E-state index contributed by atoms with van der Waals surface area (Å²) >= 11 is 1.70. The van der Waals surface area contributed by atoms with Crippen LogP contribution in [-0.4, -0.2) is 11.6 Å². The van der Waals surface area contributed by atoms with Crippen LogP contribution in [0, 0.1) is 0 Å². The first-order valence-electron chi connectivity index (χ1n) is 5.93. The van der Waals surface area contributed by atoms with E-state index in [1.807, 2.05) is 18.2 Å². The van der Waals surface area contributed by atoms with Crippen LogP contribution in [0.25, 0.3) is 11.3 Å². The molecule has 1 aliphatic rings. The van der Waals surface area contributed by atoms with Crippen LogP contribution in [-0.2, 0) is 10.3 Å². The smallest absolute Gasteiger partial charge is 0.125 e. The van der Waals surface area contributed by atoms with Crippen LogP contribution in [0.4, 0.5) is 0 Å². The van der Waals surface area contributed by atoms with Crippen molar-refractivity contribution in [1.29, 1.82) is 0 Å². The molecule has 1 saturated heterocycles. The first-order chi connectivity index (χ1) is 8.28. The minimum absolute atomic E-state index is 0.155. The van der Waals surface area contributed by atoms with Crippen molar-refractivity contribution in [2.75, 3.05) is 6.61 Å². The van der Waals surface area contributed by atoms with Crippen LogP contribution < -0.4 is 0 Å². The molecule has 2 aromatic rings. The third-order valence-electron chi connectivity index (χ3n) is 3.24. The molecule has 1 aromatic carbocycles. The highest BCUT2D eigenvalue weighted by molar-refractivity contribution is 7.10. The van der Waals surface area contributed by atoms with Gasteiger partial charge in [-0.05, 0) is 19.8 Å². The molecule has 0 radical (unpaired) electrons. The van der Waals surface area contributed by atoms with Gasteiger partial charge in [0.2, 0.25) is 0 Å². The van der Waals surface area contributed by atoms with Crippen molar-refractivity contribution in [2.24, 2.45) is 0 Å². The number of ether oxygens (including phenoxy) is 1. The summed E-state index contributed by atoms with van der Waals surface area (Å²) in [5.74, 6) is 0. The summed E-state index contributed by atoms with van der Waals surface area (Å²) in [5, 5.41) is 3.23. The fourth-order valence-corrected chi connectivity index (χ4v) is 3.18. The molecule has 0 aliphatic carbocycles. The quantitative estimate of drug-likeness (QED) is 0.802. The highest BCUT2D eigenvalue weighted by atomic mass is 32.1. The number of hydrogen-bond donors (Lipinski definition) is 0. The highest BCUT2D eigenvalue weighted by Gasteiger charge is 2.34. The van der Waals surface area contributed by atoms with E-state index in [9.17, 15) is 0 Å². The Kier molecular flexibility index (Phi) is 2.73. The third-order valence-corrected chi connectivity index (χ3v) is 4.33. The molecule has 1 unspecified atom stereocenters. The molecular formula is C14H15NOS. The lowest BCUT2D eigenvalue weighted by atomic mass is 10.0. The standard InChI is InChI=1S/C14H15NOS/c1-14(8-5-9-16-14)13-15-12(10-17-13)11-6-3-2-4-7-11/h2-4,6-7,10H,5,8-9H2,1H3. The lowest BCUT2D eigenvalue weighted by molar-refractivity contribution is 0.0167. The third kappa shape index (κ3) is 2.01. The summed E-state index contributed by atoms with van der Waals surface area (Å²) in [5.41, 5.74) is 2.08. The molecule has 2 nitrogen and oxygen atoms in total. The van der Waals surface area contributed by atoms with Gasteiger partial charge in [-0.25, -0.2) is 4.98 Å². The molecule has 0 saturated carbocycles. The van der Waals surface area contributed by atoms with Crippen LogP contribution in [0.3, 0.4) is 0 Å². The van der Waals surface area contributed by atoms with Gasteiger partial charge in [0.05, 0.1) is 5.69 Å². The second-order valence-electron chi connectivity index (χ2n) is 4.59. The Labute approximate surface area is 105 Å². The lowest BCUT2D eigenvalue weighted by Gasteiger charge is -2.19. The molecule has 1 aliphatic heterocycles. The Morgan fingerprint density at radius 1 is 1.29 bits per heavy atom. The lowest BCUT2D eigenvalue weighted by Crippen LogP contribution is -2.19. The number of thiazole rings is 1. The van der Waals surface area contributed by atoms with E-state index in [2.05, 4.69) is 24.4 Å². The van der Waals surface area contributed by atoms with Crippen molar-refractivity contribution in [2.45, 2.75) is 25.4 Å². The van der Waals surface area contributed by atoms with Gasteiger partial charge in [-0.15, -0.1) is 11.3 Å². The minimum atomic E-state index is -0.155. The van der Waals surface area contributed by atoms with E-state index in [1.54, 1.807) is 11.3 Å². The summed E-state index contributed by atoms with van der Waals surface area (Å²) < 4.78 is 5.82. The molecule has 17 heavy (non-hydrogen) atoms. The molecule has 3 rings (SSSR count). The monoisotopic (exact) mass is 245 g/mol. The van der Waals surface area contributed by atoms with E-state index in [4.69, 9.17) is 9.72 Å². The topological polar surface area (TPSA) is 22.1 Å². The minimum Gasteiger partial charge on any atom is -0.368 e. The van der Waals surface area contributed by atoms with Crippen LogP contribution in [0.1, 0.15) is 24.8 Å². The second kappa shape index (κ2) is 4.24. The van der Waals surface area contributed by atoms with E-state index in [0.29, 0.717) is 0 Å². The number of benzene rings is 1. The van der Waals surface area contributed by atoms with E-state index in [1.165, 1.54) is 5.56 Å². The molecule has 88 valence electrons. The fourth-order valence-electron chi connectivity index (χ4n) is 2.21. The Hall–Kier alpha value is -1.19. The molecule has 3 heteroatoms. The second-order valence-corrected chi connectivity index (χ2v) is 5.44.